The zero-order chi connectivity index (χ0) is 8.55. The van der Waals surface area contributed by atoms with Gasteiger partial charge in [-0.25, -0.2) is 4.98 Å². The van der Waals surface area contributed by atoms with Crippen molar-refractivity contribution in [2.75, 3.05) is 0 Å². The third-order valence-electron chi connectivity index (χ3n) is 1.50. The Morgan fingerprint density at radius 3 is 2.92 bits per heavy atom. The van der Waals surface area contributed by atoms with Crippen LogP contribution in [0.15, 0.2) is 28.6 Å². The zero-order valence-electron chi connectivity index (χ0n) is 6.89. The van der Waals surface area contributed by atoms with Gasteiger partial charge >= 0.3 is 29.6 Å². The van der Waals surface area contributed by atoms with Crippen LogP contribution in [0.3, 0.4) is 0 Å². The number of aromatic nitrogens is 1. The third kappa shape index (κ3) is 2.37. The van der Waals surface area contributed by atoms with E-state index in [-0.39, 0.29) is 29.6 Å². The van der Waals surface area contributed by atoms with Crippen molar-refractivity contribution in [3.05, 3.63) is 23.7 Å². The standard InChI is InChI=1S/C7H5NO2S2.Na/c9-12(10)5-1-2-6-7(3-5)11-4-8-6;/h1-4H,(H,9,10);/q;+1/p-1. The number of benzene rings is 1. The van der Waals surface area contributed by atoms with Gasteiger partial charge in [0.1, 0.15) is 0 Å². The van der Waals surface area contributed by atoms with E-state index >= 15 is 0 Å². The fraction of sp³-hybridized carbons (Fsp3) is 0. The largest absolute Gasteiger partial charge is 1.00 e. The van der Waals surface area contributed by atoms with Crippen molar-refractivity contribution in [1.82, 2.24) is 4.98 Å². The first-order valence-electron chi connectivity index (χ1n) is 3.20. The van der Waals surface area contributed by atoms with Crippen LogP contribution in [-0.2, 0) is 11.1 Å². The van der Waals surface area contributed by atoms with E-state index < -0.39 is 11.1 Å². The average Bonchev–Trinajstić information content (AvgIpc) is 2.49. The second-order valence-electron chi connectivity index (χ2n) is 2.22. The molecule has 1 unspecified atom stereocenters. The molecule has 0 radical (unpaired) electrons. The van der Waals surface area contributed by atoms with Gasteiger partial charge in [0.2, 0.25) is 0 Å². The van der Waals surface area contributed by atoms with Gasteiger partial charge in [-0.05, 0) is 29.3 Å². The second-order valence-corrected chi connectivity index (χ2v) is 4.04. The summed E-state index contributed by atoms with van der Waals surface area (Å²) in [5, 5.41) is 0. The number of fused-ring (bicyclic) bond motifs is 1. The first-order valence-corrected chi connectivity index (χ1v) is 5.15. The van der Waals surface area contributed by atoms with Crippen LogP contribution in [0, 0.1) is 0 Å². The normalized spacial score (nSPS) is 12.4. The van der Waals surface area contributed by atoms with Crippen LogP contribution in [0.2, 0.25) is 0 Å². The van der Waals surface area contributed by atoms with Crippen molar-refractivity contribution < 1.29 is 38.3 Å². The number of nitrogens with zero attached hydrogens (tertiary/aromatic N) is 1. The first-order chi connectivity index (χ1) is 5.77. The summed E-state index contributed by atoms with van der Waals surface area (Å²) in [5.74, 6) is 0. The summed E-state index contributed by atoms with van der Waals surface area (Å²) in [7, 11) is 0. The molecule has 1 aromatic heterocycles. The predicted octanol–water partition coefficient (Wildman–Crippen LogP) is -1.46. The Hall–Kier alpha value is 0.220. The maximum absolute atomic E-state index is 10.6. The molecular weight excluding hydrogens is 217 g/mol. The quantitative estimate of drug-likeness (QED) is 0.437. The SMILES string of the molecule is O=S([O-])c1ccc2ncsc2c1.[Na+]. The van der Waals surface area contributed by atoms with Gasteiger partial charge in [0.25, 0.3) is 0 Å². The van der Waals surface area contributed by atoms with Crippen molar-refractivity contribution in [2.24, 2.45) is 0 Å². The predicted molar refractivity (Wildman–Crippen MR) is 46.8 cm³/mol. The van der Waals surface area contributed by atoms with E-state index in [4.69, 9.17) is 0 Å². The molecule has 1 heterocycles. The number of hydrogen-bond acceptors (Lipinski definition) is 4. The average molecular weight is 221 g/mol. The maximum Gasteiger partial charge on any atom is 1.00 e. The fourth-order valence-electron chi connectivity index (χ4n) is 0.939. The van der Waals surface area contributed by atoms with Gasteiger partial charge in [0.05, 0.1) is 15.7 Å². The summed E-state index contributed by atoms with van der Waals surface area (Å²) in [5.41, 5.74) is 2.54. The third-order valence-corrected chi connectivity index (χ3v) is 2.93. The molecule has 2 aromatic rings. The summed E-state index contributed by atoms with van der Waals surface area (Å²) in [6, 6.07) is 4.87. The Bertz CT molecular complexity index is 443. The molecule has 62 valence electrons. The van der Waals surface area contributed by atoms with Gasteiger partial charge < -0.3 is 4.55 Å². The molecule has 3 nitrogen and oxygen atoms in total. The molecule has 0 aliphatic carbocycles. The van der Waals surface area contributed by atoms with Crippen molar-refractivity contribution >= 4 is 32.6 Å². The van der Waals surface area contributed by atoms with E-state index in [0.29, 0.717) is 4.90 Å². The molecule has 0 N–H and O–H groups in total. The molecule has 1 aromatic carbocycles. The van der Waals surface area contributed by atoms with Crippen LogP contribution in [0.4, 0.5) is 0 Å². The summed E-state index contributed by atoms with van der Waals surface area (Å²) >= 11 is -0.706. The molecule has 1 atom stereocenters. The summed E-state index contributed by atoms with van der Waals surface area (Å²) in [6.07, 6.45) is 0. The van der Waals surface area contributed by atoms with Gasteiger partial charge in [-0.2, -0.15) is 0 Å². The molecule has 2 rings (SSSR count). The van der Waals surface area contributed by atoms with Crippen molar-refractivity contribution in [2.45, 2.75) is 4.90 Å². The minimum absolute atomic E-state index is 0. The molecular formula is C7H4NNaO2S2. The Kier molecular flexibility index (Phi) is 4.03. The van der Waals surface area contributed by atoms with Gasteiger partial charge in [-0.1, -0.05) is 0 Å². The molecule has 0 spiro atoms. The monoisotopic (exact) mass is 221 g/mol. The van der Waals surface area contributed by atoms with Crippen LogP contribution in [0.25, 0.3) is 10.2 Å². The van der Waals surface area contributed by atoms with Crippen LogP contribution in [0.1, 0.15) is 0 Å². The van der Waals surface area contributed by atoms with E-state index in [0.717, 1.165) is 10.2 Å². The minimum Gasteiger partial charge on any atom is -0.768 e. The van der Waals surface area contributed by atoms with Crippen LogP contribution >= 0.6 is 11.3 Å². The molecule has 0 fully saturated rings. The number of hydrogen-bond donors (Lipinski definition) is 0. The topological polar surface area (TPSA) is 53.0 Å². The molecule has 0 aliphatic heterocycles. The second kappa shape index (κ2) is 4.63. The van der Waals surface area contributed by atoms with Crippen molar-refractivity contribution in [3.63, 3.8) is 0 Å². The Labute approximate surface area is 104 Å². The number of rotatable bonds is 1. The van der Waals surface area contributed by atoms with Crippen molar-refractivity contribution in [3.8, 4) is 0 Å². The molecule has 13 heavy (non-hydrogen) atoms. The van der Waals surface area contributed by atoms with E-state index in [9.17, 15) is 8.76 Å². The first kappa shape index (κ1) is 11.3. The fourth-order valence-corrected chi connectivity index (χ4v) is 2.12. The van der Waals surface area contributed by atoms with E-state index in [1.807, 2.05) is 0 Å². The Balaban J connectivity index is 0.000000845. The van der Waals surface area contributed by atoms with E-state index in [2.05, 4.69) is 4.98 Å². The Morgan fingerprint density at radius 1 is 1.46 bits per heavy atom. The van der Waals surface area contributed by atoms with Gasteiger partial charge in [0.15, 0.2) is 0 Å². The maximum atomic E-state index is 10.6. The minimum atomic E-state index is -2.14. The molecule has 0 amide bonds. The van der Waals surface area contributed by atoms with E-state index in [1.54, 1.807) is 23.7 Å². The summed E-state index contributed by atoms with van der Waals surface area (Å²) in [6.45, 7) is 0. The molecule has 0 saturated heterocycles. The zero-order valence-corrected chi connectivity index (χ0v) is 10.5. The molecule has 6 heteroatoms. The Morgan fingerprint density at radius 2 is 2.23 bits per heavy atom. The van der Waals surface area contributed by atoms with Gasteiger partial charge in [-0.3, -0.25) is 4.21 Å². The molecule has 0 aliphatic rings. The van der Waals surface area contributed by atoms with Crippen LogP contribution < -0.4 is 29.6 Å². The van der Waals surface area contributed by atoms with Crippen LogP contribution in [0.5, 0.6) is 0 Å². The van der Waals surface area contributed by atoms with E-state index in [1.165, 1.54) is 11.3 Å². The number of thiazole rings is 1. The molecule has 0 bridgehead atoms. The van der Waals surface area contributed by atoms with Crippen LogP contribution in [-0.4, -0.2) is 13.7 Å². The van der Waals surface area contributed by atoms with Crippen molar-refractivity contribution in [1.29, 1.82) is 0 Å². The van der Waals surface area contributed by atoms with Gasteiger partial charge in [-0.15, -0.1) is 11.3 Å². The van der Waals surface area contributed by atoms with Gasteiger partial charge in [0, 0.05) is 4.90 Å². The summed E-state index contributed by atoms with van der Waals surface area (Å²) < 4.78 is 22.0. The smallest absolute Gasteiger partial charge is 0.768 e. The molecule has 0 saturated carbocycles. The summed E-state index contributed by atoms with van der Waals surface area (Å²) in [4.78, 5) is 4.35.